The van der Waals surface area contributed by atoms with Crippen LogP contribution in [0.25, 0.3) is 0 Å². The minimum atomic E-state index is -0.404. The molecule has 1 aliphatic rings. The van der Waals surface area contributed by atoms with E-state index in [4.69, 9.17) is 32.7 Å². The fourth-order valence-electron chi connectivity index (χ4n) is 3.43. The van der Waals surface area contributed by atoms with Crippen LogP contribution in [0.3, 0.4) is 0 Å². The second kappa shape index (κ2) is 10.8. The Morgan fingerprint density at radius 3 is 2.69 bits per heavy atom. The molecule has 2 amide bonds. The van der Waals surface area contributed by atoms with Crippen molar-refractivity contribution in [1.82, 2.24) is 20.1 Å². The average molecular weight is 536 g/mol. The summed E-state index contributed by atoms with van der Waals surface area (Å²) in [6, 6.07) is 9.66. The van der Waals surface area contributed by atoms with Gasteiger partial charge in [0.15, 0.2) is 22.5 Å². The van der Waals surface area contributed by atoms with E-state index in [-0.39, 0.29) is 35.3 Å². The van der Waals surface area contributed by atoms with E-state index in [1.807, 2.05) is 13.8 Å². The van der Waals surface area contributed by atoms with E-state index in [0.29, 0.717) is 38.8 Å². The molecule has 35 heavy (non-hydrogen) atoms. The lowest BCUT2D eigenvalue weighted by atomic mass is 10.0. The van der Waals surface area contributed by atoms with E-state index in [9.17, 15) is 9.59 Å². The number of aromatic nitrogens is 3. The standard InChI is InChI=1S/C23H23Cl2N5O4S/c1-12(2)20(27-22(32)13-7-8-16-17(9-13)34-11-33-16)21-28-29-23(30(21)3)35-10-18(31)26-15-6-4-5-14(24)19(15)25/h4-9,12,20H,10-11H2,1-3H3,(H,26,31)(H,27,32). The summed E-state index contributed by atoms with van der Waals surface area (Å²) in [6.07, 6.45) is 0. The van der Waals surface area contributed by atoms with Crippen molar-refractivity contribution in [1.29, 1.82) is 0 Å². The monoisotopic (exact) mass is 535 g/mol. The van der Waals surface area contributed by atoms with Gasteiger partial charge in [0.05, 0.1) is 27.5 Å². The lowest BCUT2D eigenvalue weighted by molar-refractivity contribution is -0.113. The van der Waals surface area contributed by atoms with Gasteiger partial charge in [0.25, 0.3) is 5.91 Å². The van der Waals surface area contributed by atoms with Crippen molar-refractivity contribution in [2.45, 2.75) is 25.0 Å². The van der Waals surface area contributed by atoms with Crippen LogP contribution >= 0.6 is 35.0 Å². The molecule has 0 radical (unpaired) electrons. The first-order valence-electron chi connectivity index (χ1n) is 10.7. The van der Waals surface area contributed by atoms with E-state index in [0.717, 1.165) is 0 Å². The first kappa shape index (κ1) is 25.2. The lowest BCUT2D eigenvalue weighted by Crippen LogP contribution is -2.33. The Labute approximate surface area is 216 Å². The van der Waals surface area contributed by atoms with Crippen LogP contribution in [0.2, 0.25) is 10.0 Å². The molecule has 4 rings (SSSR count). The molecule has 0 fully saturated rings. The first-order valence-corrected chi connectivity index (χ1v) is 12.4. The van der Waals surface area contributed by atoms with Crippen molar-refractivity contribution >= 4 is 52.5 Å². The molecule has 1 aliphatic heterocycles. The van der Waals surface area contributed by atoms with Gasteiger partial charge >= 0.3 is 0 Å². The van der Waals surface area contributed by atoms with Crippen molar-refractivity contribution in [3.05, 3.63) is 57.8 Å². The van der Waals surface area contributed by atoms with Gasteiger partial charge in [0, 0.05) is 12.6 Å². The number of amides is 2. The van der Waals surface area contributed by atoms with Gasteiger partial charge in [-0.05, 0) is 36.2 Å². The van der Waals surface area contributed by atoms with E-state index in [2.05, 4.69) is 20.8 Å². The molecule has 0 saturated carbocycles. The third-order valence-electron chi connectivity index (χ3n) is 5.29. The van der Waals surface area contributed by atoms with Gasteiger partial charge in [-0.1, -0.05) is 54.9 Å². The van der Waals surface area contributed by atoms with Gasteiger partial charge in [-0.2, -0.15) is 0 Å². The van der Waals surface area contributed by atoms with Crippen LogP contribution < -0.4 is 20.1 Å². The van der Waals surface area contributed by atoms with Crippen molar-refractivity contribution in [3.8, 4) is 11.5 Å². The number of carbonyl (C=O) groups excluding carboxylic acids is 2. The molecule has 1 aromatic heterocycles. The van der Waals surface area contributed by atoms with Gasteiger partial charge in [-0.3, -0.25) is 9.59 Å². The summed E-state index contributed by atoms with van der Waals surface area (Å²) < 4.78 is 12.4. The summed E-state index contributed by atoms with van der Waals surface area (Å²) in [6.45, 7) is 4.10. The van der Waals surface area contributed by atoms with Crippen LogP contribution in [0.4, 0.5) is 5.69 Å². The summed E-state index contributed by atoms with van der Waals surface area (Å²) in [5.41, 5.74) is 0.891. The van der Waals surface area contributed by atoms with Crippen molar-refractivity contribution in [3.63, 3.8) is 0 Å². The van der Waals surface area contributed by atoms with Crippen molar-refractivity contribution < 1.29 is 19.1 Å². The smallest absolute Gasteiger partial charge is 0.252 e. The maximum absolute atomic E-state index is 12.9. The molecule has 184 valence electrons. The van der Waals surface area contributed by atoms with Crippen LogP contribution in [0.5, 0.6) is 11.5 Å². The molecule has 3 aromatic rings. The molecule has 0 spiro atoms. The topological polar surface area (TPSA) is 107 Å². The number of hydrogen-bond donors (Lipinski definition) is 2. The maximum Gasteiger partial charge on any atom is 0.252 e. The van der Waals surface area contributed by atoms with Gasteiger partial charge in [-0.15, -0.1) is 10.2 Å². The van der Waals surface area contributed by atoms with E-state index >= 15 is 0 Å². The zero-order valence-electron chi connectivity index (χ0n) is 19.2. The quantitative estimate of drug-likeness (QED) is 0.402. The number of benzene rings is 2. The molecular formula is C23H23Cl2N5O4S. The molecule has 9 nitrogen and oxygen atoms in total. The molecule has 1 unspecified atom stereocenters. The normalized spacial score (nSPS) is 13.1. The highest BCUT2D eigenvalue weighted by atomic mass is 35.5. The van der Waals surface area contributed by atoms with Crippen molar-refractivity contribution in [2.75, 3.05) is 17.9 Å². The number of thioether (sulfide) groups is 1. The number of rotatable bonds is 8. The van der Waals surface area contributed by atoms with Gasteiger partial charge < -0.3 is 24.7 Å². The fourth-order valence-corrected chi connectivity index (χ4v) is 4.50. The van der Waals surface area contributed by atoms with Crippen LogP contribution in [0, 0.1) is 5.92 Å². The second-order valence-electron chi connectivity index (χ2n) is 8.10. The van der Waals surface area contributed by atoms with Crippen LogP contribution in [-0.4, -0.2) is 39.1 Å². The summed E-state index contributed by atoms with van der Waals surface area (Å²) >= 11 is 13.4. The number of hydrogen-bond acceptors (Lipinski definition) is 7. The fraction of sp³-hybridized carbons (Fsp3) is 0.304. The number of nitrogens with one attached hydrogen (secondary N) is 2. The number of nitrogens with zero attached hydrogens (tertiary/aromatic N) is 3. The molecule has 2 aromatic carbocycles. The highest BCUT2D eigenvalue weighted by molar-refractivity contribution is 7.99. The lowest BCUT2D eigenvalue weighted by Gasteiger charge is -2.21. The summed E-state index contributed by atoms with van der Waals surface area (Å²) in [4.78, 5) is 25.4. The van der Waals surface area contributed by atoms with E-state index < -0.39 is 6.04 Å². The zero-order valence-corrected chi connectivity index (χ0v) is 21.5. The molecule has 2 heterocycles. The van der Waals surface area contributed by atoms with Crippen molar-refractivity contribution in [2.24, 2.45) is 13.0 Å². The molecule has 2 N–H and O–H groups in total. The highest BCUT2D eigenvalue weighted by Gasteiger charge is 2.26. The molecule has 0 aliphatic carbocycles. The average Bonchev–Trinajstić information content (AvgIpc) is 3.44. The van der Waals surface area contributed by atoms with Gasteiger partial charge in [-0.25, -0.2) is 0 Å². The van der Waals surface area contributed by atoms with E-state index in [1.165, 1.54) is 11.8 Å². The summed E-state index contributed by atoms with van der Waals surface area (Å²) in [7, 11) is 1.80. The third-order valence-corrected chi connectivity index (χ3v) is 7.13. The number of ether oxygens (including phenoxy) is 2. The molecule has 1 atom stereocenters. The zero-order chi connectivity index (χ0) is 25.1. The highest BCUT2D eigenvalue weighted by Crippen LogP contribution is 2.33. The predicted molar refractivity (Wildman–Crippen MR) is 134 cm³/mol. The summed E-state index contributed by atoms with van der Waals surface area (Å²) in [5.74, 6) is 1.31. The molecule has 0 saturated heterocycles. The maximum atomic E-state index is 12.9. The number of fused-ring (bicyclic) bond motifs is 1. The number of carbonyl (C=O) groups is 2. The Morgan fingerprint density at radius 1 is 1.14 bits per heavy atom. The van der Waals surface area contributed by atoms with Crippen LogP contribution in [0.1, 0.15) is 36.1 Å². The Bertz CT molecular complexity index is 1270. The number of anilines is 1. The van der Waals surface area contributed by atoms with Crippen LogP contribution in [-0.2, 0) is 11.8 Å². The second-order valence-corrected chi connectivity index (χ2v) is 9.83. The van der Waals surface area contributed by atoms with Gasteiger partial charge in [0.2, 0.25) is 12.7 Å². The van der Waals surface area contributed by atoms with Crippen LogP contribution in [0.15, 0.2) is 41.6 Å². The summed E-state index contributed by atoms with van der Waals surface area (Å²) in [5, 5.41) is 15.5. The Kier molecular flexibility index (Phi) is 7.73. The molecular weight excluding hydrogens is 513 g/mol. The Balaban J connectivity index is 1.42. The predicted octanol–water partition coefficient (Wildman–Crippen LogP) is 4.71. The Hall–Kier alpha value is -2.95. The Morgan fingerprint density at radius 2 is 1.91 bits per heavy atom. The van der Waals surface area contributed by atoms with Gasteiger partial charge in [0.1, 0.15) is 0 Å². The minimum Gasteiger partial charge on any atom is -0.454 e. The minimum absolute atomic E-state index is 0.0296. The largest absolute Gasteiger partial charge is 0.454 e. The van der Waals surface area contributed by atoms with E-state index in [1.54, 1.807) is 48.0 Å². The molecule has 0 bridgehead atoms. The number of halogens is 2. The third kappa shape index (κ3) is 5.66. The molecule has 12 heteroatoms. The SMILES string of the molecule is CC(C)C(NC(=O)c1ccc2c(c1)OCO2)c1nnc(SCC(=O)Nc2cccc(Cl)c2Cl)n1C. The first-order chi connectivity index (χ1) is 16.7.